The van der Waals surface area contributed by atoms with Crippen LogP contribution in [-0.2, 0) is 19.1 Å². The molecular formula is C35H67NO4. The second-order valence-electron chi connectivity index (χ2n) is 12.0. The Kier molecular flexibility index (Phi) is 29.6. The molecule has 0 aromatic carbocycles. The highest BCUT2D eigenvalue weighted by molar-refractivity contribution is 5.69. The number of hydrogen-bond acceptors (Lipinski definition) is 5. The Labute approximate surface area is 249 Å². The third kappa shape index (κ3) is 29.6. The van der Waals surface area contributed by atoms with Crippen LogP contribution >= 0.6 is 0 Å². The predicted molar refractivity (Wildman–Crippen MR) is 171 cm³/mol. The van der Waals surface area contributed by atoms with Crippen molar-refractivity contribution >= 4 is 11.9 Å². The third-order valence-electron chi connectivity index (χ3n) is 7.71. The zero-order chi connectivity index (χ0) is 29.5. The fourth-order valence-corrected chi connectivity index (χ4v) is 5.12. The average Bonchev–Trinajstić information content (AvgIpc) is 2.93. The van der Waals surface area contributed by atoms with Crippen molar-refractivity contribution in [1.82, 2.24) is 4.90 Å². The molecule has 1 unspecified atom stereocenters. The first-order valence-corrected chi connectivity index (χ1v) is 17.1. The predicted octanol–water partition coefficient (Wildman–Crippen LogP) is 9.96. The van der Waals surface area contributed by atoms with Gasteiger partial charge in [0, 0.05) is 12.8 Å². The van der Waals surface area contributed by atoms with Crippen LogP contribution in [0.1, 0.15) is 167 Å². The van der Waals surface area contributed by atoms with E-state index in [2.05, 4.69) is 42.8 Å². The normalized spacial score (nSPS) is 12.3. The summed E-state index contributed by atoms with van der Waals surface area (Å²) in [6.07, 6.45) is 33.8. The quantitative estimate of drug-likeness (QED) is 0.0493. The Morgan fingerprint density at radius 1 is 0.600 bits per heavy atom. The molecule has 236 valence electrons. The molecule has 0 aliphatic carbocycles. The van der Waals surface area contributed by atoms with Crippen LogP contribution in [0.2, 0.25) is 0 Å². The molecule has 0 heterocycles. The van der Waals surface area contributed by atoms with E-state index in [1.165, 1.54) is 110 Å². The maximum absolute atomic E-state index is 12.4. The number of unbranched alkanes of at least 4 members (excludes halogenated alkanes) is 17. The molecule has 0 aromatic heterocycles. The molecule has 0 saturated heterocycles. The van der Waals surface area contributed by atoms with Crippen LogP contribution in [0.5, 0.6) is 0 Å². The Morgan fingerprint density at radius 3 is 1.55 bits per heavy atom. The standard InChI is InChI=1S/C35H67NO4/c1-5-6-7-8-18-21-24-28-33(40-35(38)31-27-32-36(2)3)29-25-22-19-16-14-12-10-9-11-13-15-17-20-23-26-30-34(37)39-4/h13,15,33H,5-12,14,16-32H2,1-4H3. The summed E-state index contributed by atoms with van der Waals surface area (Å²) in [4.78, 5) is 25.6. The summed E-state index contributed by atoms with van der Waals surface area (Å²) < 4.78 is 10.6. The second-order valence-corrected chi connectivity index (χ2v) is 12.0. The molecule has 0 radical (unpaired) electrons. The minimum absolute atomic E-state index is 0.000257. The zero-order valence-electron chi connectivity index (χ0n) is 27.2. The summed E-state index contributed by atoms with van der Waals surface area (Å²) in [6, 6.07) is 0. The molecule has 0 rings (SSSR count). The minimum Gasteiger partial charge on any atom is -0.469 e. The van der Waals surface area contributed by atoms with Gasteiger partial charge in [-0.3, -0.25) is 9.59 Å². The molecular weight excluding hydrogens is 498 g/mol. The zero-order valence-corrected chi connectivity index (χ0v) is 27.2. The molecule has 0 amide bonds. The number of esters is 2. The van der Waals surface area contributed by atoms with E-state index < -0.39 is 0 Å². The van der Waals surface area contributed by atoms with Gasteiger partial charge in [0.05, 0.1) is 7.11 Å². The SMILES string of the molecule is CCCCCCCCCC(CCCCCCCCCCC=CCCCCCC(=O)OC)OC(=O)CCCN(C)C. The van der Waals surface area contributed by atoms with E-state index in [9.17, 15) is 9.59 Å². The Bertz CT molecular complexity index is 590. The van der Waals surface area contributed by atoms with E-state index in [-0.39, 0.29) is 18.0 Å². The van der Waals surface area contributed by atoms with Crippen LogP contribution in [0.25, 0.3) is 0 Å². The lowest BCUT2D eigenvalue weighted by atomic mass is 10.0. The number of nitrogens with zero attached hydrogens (tertiary/aromatic N) is 1. The monoisotopic (exact) mass is 566 g/mol. The molecule has 0 aliphatic rings. The van der Waals surface area contributed by atoms with Crippen LogP contribution < -0.4 is 0 Å². The maximum atomic E-state index is 12.4. The van der Waals surface area contributed by atoms with Crippen molar-refractivity contribution in [3.05, 3.63) is 12.2 Å². The van der Waals surface area contributed by atoms with Crippen LogP contribution in [0.3, 0.4) is 0 Å². The summed E-state index contributed by atoms with van der Waals surface area (Å²) >= 11 is 0. The molecule has 0 spiro atoms. The highest BCUT2D eigenvalue weighted by atomic mass is 16.5. The summed E-state index contributed by atoms with van der Waals surface area (Å²) in [6.45, 7) is 3.20. The molecule has 1 atom stereocenters. The number of hydrogen-bond donors (Lipinski definition) is 0. The maximum Gasteiger partial charge on any atom is 0.306 e. The van der Waals surface area contributed by atoms with Gasteiger partial charge in [-0.15, -0.1) is 0 Å². The number of allylic oxidation sites excluding steroid dienone is 2. The van der Waals surface area contributed by atoms with E-state index in [0.717, 1.165) is 51.5 Å². The molecule has 5 nitrogen and oxygen atoms in total. The molecule has 5 heteroatoms. The molecule has 0 fully saturated rings. The van der Waals surface area contributed by atoms with Crippen molar-refractivity contribution < 1.29 is 19.1 Å². The Balaban J connectivity index is 3.83. The minimum atomic E-state index is -0.0948. The van der Waals surface area contributed by atoms with E-state index in [1.807, 2.05) is 0 Å². The lowest BCUT2D eigenvalue weighted by Gasteiger charge is -2.18. The van der Waals surface area contributed by atoms with Crippen molar-refractivity contribution in [3.8, 4) is 0 Å². The molecule has 0 bridgehead atoms. The summed E-state index contributed by atoms with van der Waals surface area (Å²) in [5.74, 6) is -0.0945. The van der Waals surface area contributed by atoms with Gasteiger partial charge >= 0.3 is 11.9 Å². The third-order valence-corrected chi connectivity index (χ3v) is 7.71. The van der Waals surface area contributed by atoms with Crippen molar-refractivity contribution in [2.24, 2.45) is 0 Å². The first kappa shape index (κ1) is 38.6. The Morgan fingerprint density at radius 2 is 1.05 bits per heavy atom. The highest BCUT2D eigenvalue weighted by Crippen LogP contribution is 2.18. The topological polar surface area (TPSA) is 55.8 Å². The molecule has 0 saturated carbocycles. The highest BCUT2D eigenvalue weighted by Gasteiger charge is 2.14. The van der Waals surface area contributed by atoms with E-state index in [0.29, 0.717) is 12.8 Å². The van der Waals surface area contributed by atoms with E-state index in [4.69, 9.17) is 4.74 Å². The first-order chi connectivity index (χ1) is 19.5. The van der Waals surface area contributed by atoms with Gasteiger partial charge in [-0.05, 0) is 84.8 Å². The Hall–Kier alpha value is -1.36. The molecule has 0 aromatic rings. The molecule has 0 aliphatic heterocycles. The smallest absolute Gasteiger partial charge is 0.306 e. The van der Waals surface area contributed by atoms with Gasteiger partial charge in [0.1, 0.15) is 6.10 Å². The van der Waals surface area contributed by atoms with Gasteiger partial charge in [0.15, 0.2) is 0 Å². The number of rotatable bonds is 30. The second kappa shape index (κ2) is 30.6. The van der Waals surface area contributed by atoms with Crippen molar-refractivity contribution in [2.75, 3.05) is 27.7 Å². The van der Waals surface area contributed by atoms with E-state index in [1.54, 1.807) is 0 Å². The number of carbonyl (C=O) groups excluding carboxylic acids is 2. The van der Waals surface area contributed by atoms with Crippen molar-refractivity contribution in [1.29, 1.82) is 0 Å². The van der Waals surface area contributed by atoms with Crippen molar-refractivity contribution in [3.63, 3.8) is 0 Å². The number of carbonyl (C=O) groups is 2. The lowest BCUT2D eigenvalue weighted by Crippen LogP contribution is -2.20. The summed E-state index contributed by atoms with van der Waals surface area (Å²) in [5, 5.41) is 0. The van der Waals surface area contributed by atoms with Crippen LogP contribution in [-0.4, -0.2) is 50.7 Å². The van der Waals surface area contributed by atoms with Gasteiger partial charge in [-0.2, -0.15) is 0 Å². The summed E-state index contributed by atoms with van der Waals surface area (Å²) in [7, 11) is 5.56. The van der Waals surface area contributed by atoms with Crippen LogP contribution in [0.15, 0.2) is 12.2 Å². The first-order valence-electron chi connectivity index (χ1n) is 17.1. The fraction of sp³-hybridized carbons (Fsp3) is 0.886. The van der Waals surface area contributed by atoms with Gasteiger partial charge in [0.25, 0.3) is 0 Å². The fourth-order valence-electron chi connectivity index (χ4n) is 5.12. The molecule has 0 N–H and O–H groups in total. The lowest BCUT2D eigenvalue weighted by molar-refractivity contribution is -0.150. The van der Waals surface area contributed by atoms with Crippen molar-refractivity contribution in [2.45, 2.75) is 174 Å². The van der Waals surface area contributed by atoms with Gasteiger partial charge in [0.2, 0.25) is 0 Å². The largest absolute Gasteiger partial charge is 0.469 e. The van der Waals surface area contributed by atoms with Crippen LogP contribution in [0.4, 0.5) is 0 Å². The van der Waals surface area contributed by atoms with Crippen LogP contribution in [0, 0.1) is 0 Å². The number of methoxy groups -OCH3 is 1. The number of ether oxygens (including phenoxy) is 2. The van der Waals surface area contributed by atoms with E-state index >= 15 is 0 Å². The van der Waals surface area contributed by atoms with Gasteiger partial charge in [-0.1, -0.05) is 103 Å². The average molecular weight is 566 g/mol. The van der Waals surface area contributed by atoms with Gasteiger partial charge in [-0.25, -0.2) is 0 Å². The summed E-state index contributed by atoms with van der Waals surface area (Å²) in [5.41, 5.74) is 0. The molecule has 40 heavy (non-hydrogen) atoms. The van der Waals surface area contributed by atoms with Gasteiger partial charge < -0.3 is 14.4 Å².